The van der Waals surface area contributed by atoms with E-state index >= 15 is 0 Å². The summed E-state index contributed by atoms with van der Waals surface area (Å²) in [4.78, 5) is 20.7. The van der Waals surface area contributed by atoms with Gasteiger partial charge in [-0.3, -0.25) is 0 Å². The van der Waals surface area contributed by atoms with Crippen molar-refractivity contribution < 1.29 is 0 Å². The third-order valence-corrected chi connectivity index (χ3v) is 14.5. The van der Waals surface area contributed by atoms with Gasteiger partial charge in [0.15, 0.2) is 11.6 Å². The van der Waals surface area contributed by atoms with Gasteiger partial charge in [-0.25, -0.2) is 19.9 Å². The van der Waals surface area contributed by atoms with Crippen LogP contribution in [0.15, 0.2) is 243 Å². The molecule has 0 fully saturated rings. The van der Waals surface area contributed by atoms with E-state index in [0.717, 1.165) is 88.9 Å². The number of para-hydroxylation sites is 4. The molecule has 0 amide bonds. The summed E-state index contributed by atoms with van der Waals surface area (Å²) in [6.45, 7) is 0. The van der Waals surface area contributed by atoms with E-state index in [0.29, 0.717) is 11.6 Å². The molecule has 0 spiro atoms. The Labute approximate surface area is 413 Å². The number of hydrogen-bond acceptors (Lipinski definition) is 4. The first-order valence-electron chi connectivity index (χ1n) is 24.4. The molecule has 0 N–H and O–H groups in total. The summed E-state index contributed by atoms with van der Waals surface area (Å²) in [7, 11) is 0. The lowest BCUT2D eigenvalue weighted by molar-refractivity contribution is 1.17. The number of benzene rings is 11. The van der Waals surface area contributed by atoms with Crippen molar-refractivity contribution in [2.45, 2.75) is 0 Å². The Morgan fingerprint density at radius 1 is 0.250 bits per heavy atom. The summed E-state index contributed by atoms with van der Waals surface area (Å²) in [5.74, 6) is 1.40. The van der Waals surface area contributed by atoms with Crippen LogP contribution in [0.3, 0.4) is 0 Å². The van der Waals surface area contributed by atoms with E-state index < -0.39 is 0 Å². The zero-order valence-corrected chi connectivity index (χ0v) is 38.8. The van der Waals surface area contributed by atoms with Crippen LogP contribution < -0.4 is 0 Å². The quantitative estimate of drug-likeness (QED) is 0.167. The molecule has 0 radical (unpaired) electrons. The van der Waals surface area contributed by atoms with E-state index in [4.69, 9.17) is 19.9 Å². The number of hydrogen-bond donors (Lipinski definition) is 0. The monoisotopic (exact) mass is 916 g/mol. The van der Waals surface area contributed by atoms with Crippen LogP contribution in [0.5, 0.6) is 0 Å². The summed E-state index contributed by atoms with van der Waals surface area (Å²) >= 11 is 0. The summed E-state index contributed by atoms with van der Waals surface area (Å²) in [6, 6.07) is 86.2. The van der Waals surface area contributed by atoms with Gasteiger partial charge < -0.3 is 9.13 Å². The van der Waals surface area contributed by atoms with E-state index in [9.17, 15) is 0 Å². The highest BCUT2D eigenvalue weighted by Gasteiger charge is 2.22. The smallest absolute Gasteiger partial charge is 0.160 e. The average Bonchev–Trinajstić information content (AvgIpc) is 3.97. The minimum atomic E-state index is 0.698. The van der Waals surface area contributed by atoms with E-state index in [2.05, 4.69) is 240 Å². The average molecular weight is 917 g/mol. The van der Waals surface area contributed by atoms with Crippen molar-refractivity contribution in [3.05, 3.63) is 243 Å². The van der Waals surface area contributed by atoms with Gasteiger partial charge in [0.1, 0.15) is 0 Å². The molecule has 4 aromatic heterocycles. The lowest BCUT2D eigenvalue weighted by Gasteiger charge is -2.12. The Hall–Kier alpha value is -9.78. The highest BCUT2D eigenvalue weighted by atomic mass is 15.0. The predicted molar refractivity (Wildman–Crippen MR) is 298 cm³/mol. The Balaban J connectivity index is 0.837. The molecular formula is C66H40N6. The van der Waals surface area contributed by atoms with Crippen molar-refractivity contribution >= 4 is 87.0 Å². The maximum Gasteiger partial charge on any atom is 0.160 e. The van der Waals surface area contributed by atoms with E-state index in [1.54, 1.807) is 0 Å². The van der Waals surface area contributed by atoms with Gasteiger partial charge in [0, 0.05) is 65.9 Å². The first-order valence-corrected chi connectivity index (χ1v) is 24.4. The molecular weight excluding hydrogens is 877 g/mol. The van der Waals surface area contributed by atoms with Crippen LogP contribution in [0, 0.1) is 0 Å². The van der Waals surface area contributed by atoms with Crippen molar-refractivity contribution in [2.75, 3.05) is 0 Å². The Kier molecular flexibility index (Phi) is 8.86. The second kappa shape index (κ2) is 15.9. The molecule has 6 nitrogen and oxygen atoms in total. The molecule has 11 aromatic carbocycles. The summed E-state index contributed by atoms with van der Waals surface area (Å²) in [5.41, 5.74) is 14.5. The standard InChI is InChI=1S/C66H40N6/c1-3-15-45-39-47(27-25-41(45)13-1)63-51-17-5-9-21-55(51)67-65(69-63)43-29-33-49(34-30-43)71-57-23-11-7-19-53(57)61-59(71)37-38-60-62(61)54-20-8-12-24-58(54)72(60)50-35-31-44(32-36-50)66-68-56-22-10-6-18-52(56)64(70-66)48-28-26-42-14-2-4-16-46(42)40-48/h1-40H. The van der Waals surface area contributed by atoms with Crippen LogP contribution in [-0.2, 0) is 0 Å². The molecule has 0 atom stereocenters. The van der Waals surface area contributed by atoms with Gasteiger partial charge in [0.25, 0.3) is 0 Å². The van der Waals surface area contributed by atoms with Crippen LogP contribution in [0.4, 0.5) is 0 Å². The molecule has 0 aliphatic rings. The minimum absolute atomic E-state index is 0.698. The second-order valence-electron chi connectivity index (χ2n) is 18.6. The molecule has 0 aliphatic carbocycles. The van der Waals surface area contributed by atoms with Crippen LogP contribution in [-0.4, -0.2) is 29.1 Å². The van der Waals surface area contributed by atoms with Gasteiger partial charge in [-0.05, 0) is 119 Å². The van der Waals surface area contributed by atoms with Crippen LogP contribution in [0.25, 0.3) is 144 Å². The zero-order chi connectivity index (χ0) is 47.3. The first-order chi connectivity index (χ1) is 35.7. The van der Waals surface area contributed by atoms with Crippen molar-refractivity contribution in [3.63, 3.8) is 0 Å². The summed E-state index contributed by atoms with van der Waals surface area (Å²) in [6.07, 6.45) is 0. The van der Waals surface area contributed by atoms with Gasteiger partial charge in [0.2, 0.25) is 0 Å². The largest absolute Gasteiger partial charge is 0.309 e. The van der Waals surface area contributed by atoms with E-state index in [1.807, 2.05) is 12.1 Å². The molecule has 15 aromatic rings. The Morgan fingerprint density at radius 2 is 0.611 bits per heavy atom. The molecule has 0 saturated carbocycles. The molecule has 0 saturated heterocycles. The second-order valence-corrected chi connectivity index (χ2v) is 18.6. The number of fused-ring (bicyclic) bond motifs is 11. The highest BCUT2D eigenvalue weighted by Crippen LogP contribution is 2.43. The molecule has 0 unspecified atom stereocenters. The number of aromatic nitrogens is 6. The van der Waals surface area contributed by atoms with Crippen LogP contribution in [0.1, 0.15) is 0 Å². The summed E-state index contributed by atoms with van der Waals surface area (Å²) < 4.78 is 4.79. The first kappa shape index (κ1) is 40.1. The topological polar surface area (TPSA) is 61.4 Å². The van der Waals surface area contributed by atoms with E-state index in [-0.39, 0.29) is 0 Å². The van der Waals surface area contributed by atoms with E-state index in [1.165, 1.54) is 43.1 Å². The fourth-order valence-corrected chi connectivity index (χ4v) is 11.1. The van der Waals surface area contributed by atoms with Gasteiger partial charge in [0.05, 0.1) is 44.5 Å². The molecule has 6 heteroatoms. The van der Waals surface area contributed by atoms with Crippen LogP contribution in [0.2, 0.25) is 0 Å². The third-order valence-electron chi connectivity index (χ3n) is 14.5. The zero-order valence-electron chi connectivity index (χ0n) is 38.8. The van der Waals surface area contributed by atoms with Gasteiger partial charge in [-0.15, -0.1) is 0 Å². The minimum Gasteiger partial charge on any atom is -0.309 e. The Bertz CT molecular complexity index is 4380. The molecule has 0 aliphatic heterocycles. The predicted octanol–water partition coefficient (Wildman–Crippen LogP) is 16.7. The number of rotatable bonds is 6. The van der Waals surface area contributed by atoms with Crippen molar-refractivity contribution in [1.29, 1.82) is 0 Å². The lowest BCUT2D eigenvalue weighted by Crippen LogP contribution is -1.97. The van der Waals surface area contributed by atoms with Crippen molar-refractivity contribution in [1.82, 2.24) is 29.1 Å². The fraction of sp³-hybridized carbons (Fsp3) is 0. The number of nitrogens with zero attached hydrogens (tertiary/aromatic N) is 6. The summed E-state index contributed by atoms with van der Waals surface area (Å²) in [5, 5.41) is 11.7. The molecule has 15 rings (SSSR count). The Morgan fingerprint density at radius 3 is 1.06 bits per heavy atom. The van der Waals surface area contributed by atoms with Crippen molar-refractivity contribution in [3.8, 4) is 56.7 Å². The van der Waals surface area contributed by atoms with Crippen LogP contribution >= 0.6 is 0 Å². The van der Waals surface area contributed by atoms with Gasteiger partial charge in [-0.2, -0.15) is 0 Å². The highest BCUT2D eigenvalue weighted by molar-refractivity contribution is 6.29. The maximum absolute atomic E-state index is 5.26. The van der Waals surface area contributed by atoms with Gasteiger partial charge in [-0.1, -0.05) is 146 Å². The lowest BCUT2D eigenvalue weighted by atomic mass is 10.0. The molecule has 72 heavy (non-hydrogen) atoms. The maximum atomic E-state index is 5.26. The molecule has 334 valence electrons. The van der Waals surface area contributed by atoms with Crippen molar-refractivity contribution in [2.24, 2.45) is 0 Å². The van der Waals surface area contributed by atoms with Gasteiger partial charge >= 0.3 is 0 Å². The molecule has 4 heterocycles. The fourth-order valence-electron chi connectivity index (χ4n) is 11.1. The normalized spacial score (nSPS) is 11.9. The third kappa shape index (κ3) is 6.29. The SMILES string of the molecule is c1ccc2cc(-c3nc(-c4ccc(-n5c6ccccc6c6c7c8ccccc8n(-c8ccc(-c9nc(-c%10ccc%11ccccc%11c%10)c%10ccccc%10n9)cc8)c7ccc65)cc4)nc4ccccc34)ccc2c1. The molecule has 0 bridgehead atoms.